The minimum atomic E-state index is 1.12. The van der Waals surface area contributed by atoms with Crippen LogP contribution in [0.3, 0.4) is 0 Å². The van der Waals surface area contributed by atoms with Gasteiger partial charge in [-0.3, -0.25) is 0 Å². The molecule has 0 spiro atoms. The first kappa shape index (κ1) is 29.6. The van der Waals surface area contributed by atoms with Crippen LogP contribution in [-0.4, -0.2) is 4.98 Å². The summed E-state index contributed by atoms with van der Waals surface area (Å²) in [5, 5.41) is 2.52. The summed E-state index contributed by atoms with van der Waals surface area (Å²) in [7, 11) is 0. The lowest BCUT2D eigenvalue weighted by Crippen LogP contribution is -1.88. The molecule has 1 aliphatic carbocycles. The van der Waals surface area contributed by atoms with Gasteiger partial charge in [-0.2, -0.15) is 0 Å². The van der Waals surface area contributed by atoms with E-state index < -0.39 is 0 Å². The molecular weight excluding hydrogens is 518 g/mol. The third-order valence-electron chi connectivity index (χ3n) is 7.86. The fourth-order valence-corrected chi connectivity index (χ4v) is 5.46. The average Bonchev–Trinajstić information content (AvgIpc) is 3.47. The second-order valence-electron chi connectivity index (χ2n) is 10.5. The zero-order valence-electron chi connectivity index (χ0n) is 25.8. The molecule has 1 nitrogen and oxygen atoms in total. The van der Waals surface area contributed by atoms with E-state index in [1.54, 1.807) is 0 Å². The third kappa shape index (κ3) is 6.79. The minimum Gasteiger partial charge on any atom is -0.355 e. The summed E-state index contributed by atoms with van der Waals surface area (Å²) in [4.78, 5) is 3.60. The molecule has 0 amide bonds. The van der Waals surface area contributed by atoms with Crippen LogP contribution < -0.4 is 0 Å². The second-order valence-corrected chi connectivity index (χ2v) is 10.5. The summed E-state index contributed by atoms with van der Waals surface area (Å²) in [6, 6.07) is 41.9. The van der Waals surface area contributed by atoms with Crippen molar-refractivity contribution in [3.63, 3.8) is 0 Å². The molecule has 1 aromatic heterocycles. The Morgan fingerprint density at radius 2 is 0.953 bits per heavy atom. The standard InChI is InChI=1S/C36H27N.C4H8.C2H6/c1-3-7-25(8-4-1)27-11-15-29(16-12-27)31-19-21-35-33(23-31)34-24-32(20-22-36(34)37-35)30-17-13-28(14-18-30)26-9-5-2-6-10-26;1-3-4-2;1-2/h1-5,7-9,11-24,37H,6,10H2;3-4H,1-2H3;1-2H3/b;4-3-;. The van der Waals surface area contributed by atoms with Crippen LogP contribution in [0, 0.1) is 0 Å². The first-order valence-corrected chi connectivity index (χ1v) is 15.5. The van der Waals surface area contributed by atoms with Crippen molar-refractivity contribution in [1.29, 1.82) is 0 Å². The number of benzene rings is 5. The molecule has 214 valence electrons. The Bertz CT molecular complexity index is 1860. The minimum absolute atomic E-state index is 1.12. The lowest BCUT2D eigenvalue weighted by Gasteiger charge is -2.10. The lowest BCUT2D eigenvalue weighted by molar-refractivity contribution is 1.05. The van der Waals surface area contributed by atoms with Crippen LogP contribution in [0.4, 0.5) is 0 Å². The molecule has 0 bridgehead atoms. The predicted molar refractivity (Wildman–Crippen MR) is 190 cm³/mol. The molecule has 0 radical (unpaired) electrons. The normalized spacial score (nSPS) is 12.4. The highest BCUT2D eigenvalue weighted by Gasteiger charge is 2.10. The maximum Gasteiger partial charge on any atom is 0.0465 e. The topological polar surface area (TPSA) is 15.8 Å². The van der Waals surface area contributed by atoms with Gasteiger partial charge < -0.3 is 4.98 Å². The molecule has 7 rings (SSSR count). The van der Waals surface area contributed by atoms with Crippen molar-refractivity contribution in [2.24, 2.45) is 0 Å². The Hall–Kier alpha value is -4.88. The zero-order chi connectivity index (χ0) is 30.0. The average molecular weight is 560 g/mol. The van der Waals surface area contributed by atoms with Crippen LogP contribution in [0.1, 0.15) is 46.1 Å². The number of fused-ring (bicyclic) bond motifs is 3. The quantitative estimate of drug-likeness (QED) is 0.207. The summed E-state index contributed by atoms with van der Waals surface area (Å²) >= 11 is 0. The van der Waals surface area contributed by atoms with Crippen LogP contribution in [0.15, 0.2) is 146 Å². The molecule has 1 N–H and O–H groups in total. The van der Waals surface area contributed by atoms with Crippen LogP contribution in [-0.2, 0) is 0 Å². The van der Waals surface area contributed by atoms with Crippen molar-refractivity contribution in [1.82, 2.24) is 4.98 Å². The van der Waals surface area contributed by atoms with Crippen molar-refractivity contribution >= 4 is 27.4 Å². The van der Waals surface area contributed by atoms with Gasteiger partial charge in [-0.1, -0.05) is 135 Å². The summed E-state index contributed by atoms with van der Waals surface area (Å²) < 4.78 is 0. The predicted octanol–water partition coefficient (Wildman–Crippen LogP) is 12.7. The second kappa shape index (κ2) is 14.3. The van der Waals surface area contributed by atoms with Crippen LogP contribution in [0.25, 0.3) is 60.8 Å². The van der Waals surface area contributed by atoms with Crippen LogP contribution in [0.2, 0.25) is 0 Å². The Kier molecular flexibility index (Phi) is 9.87. The van der Waals surface area contributed by atoms with E-state index in [1.165, 1.54) is 66.3 Å². The van der Waals surface area contributed by atoms with E-state index in [2.05, 4.69) is 138 Å². The number of allylic oxidation sites excluding steroid dienone is 6. The van der Waals surface area contributed by atoms with Gasteiger partial charge in [0, 0.05) is 21.8 Å². The molecule has 1 heteroatoms. The van der Waals surface area contributed by atoms with E-state index in [1.807, 2.05) is 39.8 Å². The van der Waals surface area contributed by atoms with E-state index in [4.69, 9.17) is 0 Å². The number of hydrogen-bond acceptors (Lipinski definition) is 0. The number of nitrogens with one attached hydrogen (secondary N) is 1. The van der Waals surface area contributed by atoms with Gasteiger partial charge >= 0.3 is 0 Å². The summed E-state index contributed by atoms with van der Waals surface area (Å²) in [5.74, 6) is 0. The largest absolute Gasteiger partial charge is 0.355 e. The smallest absolute Gasteiger partial charge is 0.0465 e. The monoisotopic (exact) mass is 559 g/mol. The van der Waals surface area contributed by atoms with E-state index in [0.717, 1.165) is 12.8 Å². The number of rotatable bonds is 4. The van der Waals surface area contributed by atoms with Gasteiger partial charge in [-0.05, 0) is 95.5 Å². The number of aromatic amines is 1. The summed E-state index contributed by atoms with van der Waals surface area (Å²) in [6.45, 7) is 8.00. The molecule has 0 saturated carbocycles. The molecule has 6 aromatic rings. The van der Waals surface area contributed by atoms with Crippen LogP contribution in [0.5, 0.6) is 0 Å². The molecule has 1 heterocycles. The SMILES string of the molecule is C/C=C\C.C1=CCCC(c2ccc(-c3ccc4[nH]c5ccc(-c6ccc(-c7ccccc7)cc6)cc5c4c3)cc2)=C1.CC. The van der Waals surface area contributed by atoms with Gasteiger partial charge in [0.15, 0.2) is 0 Å². The van der Waals surface area contributed by atoms with E-state index >= 15 is 0 Å². The van der Waals surface area contributed by atoms with Gasteiger partial charge in [0.1, 0.15) is 0 Å². The first-order valence-electron chi connectivity index (χ1n) is 15.5. The maximum atomic E-state index is 3.60. The molecule has 0 unspecified atom stereocenters. The van der Waals surface area contributed by atoms with Crippen molar-refractivity contribution in [2.45, 2.75) is 40.5 Å². The van der Waals surface area contributed by atoms with Crippen molar-refractivity contribution < 1.29 is 0 Å². The number of aromatic nitrogens is 1. The third-order valence-corrected chi connectivity index (χ3v) is 7.86. The van der Waals surface area contributed by atoms with Gasteiger partial charge in [0.05, 0.1) is 0 Å². The highest BCUT2D eigenvalue weighted by molar-refractivity contribution is 6.09. The van der Waals surface area contributed by atoms with Gasteiger partial charge in [0.25, 0.3) is 0 Å². The van der Waals surface area contributed by atoms with Gasteiger partial charge in [-0.15, -0.1) is 0 Å². The Labute approximate surface area is 256 Å². The van der Waals surface area contributed by atoms with Gasteiger partial charge in [0.2, 0.25) is 0 Å². The molecule has 0 atom stereocenters. The highest BCUT2D eigenvalue weighted by atomic mass is 14.7. The fraction of sp³-hybridized carbons (Fsp3) is 0.143. The number of hydrogen-bond donors (Lipinski definition) is 1. The molecule has 1 aliphatic rings. The molecule has 43 heavy (non-hydrogen) atoms. The van der Waals surface area contributed by atoms with Crippen molar-refractivity contribution in [3.8, 4) is 33.4 Å². The fourth-order valence-electron chi connectivity index (χ4n) is 5.46. The molecule has 0 saturated heterocycles. The Morgan fingerprint density at radius 3 is 1.42 bits per heavy atom. The molecular formula is C42H41N. The highest BCUT2D eigenvalue weighted by Crippen LogP contribution is 2.34. The molecule has 5 aromatic carbocycles. The Balaban J connectivity index is 0.000000569. The van der Waals surface area contributed by atoms with E-state index in [0.29, 0.717) is 0 Å². The van der Waals surface area contributed by atoms with Crippen molar-refractivity contribution in [2.75, 3.05) is 0 Å². The zero-order valence-corrected chi connectivity index (χ0v) is 25.8. The summed E-state index contributed by atoms with van der Waals surface area (Å²) in [5.41, 5.74) is 12.5. The molecule has 0 aliphatic heterocycles. The van der Waals surface area contributed by atoms with E-state index in [9.17, 15) is 0 Å². The van der Waals surface area contributed by atoms with Gasteiger partial charge in [-0.25, -0.2) is 0 Å². The van der Waals surface area contributed by atoms with Crippen molar-refractivity contribution in [3.05, 3.63) is 151 Å². The number of H-pyrrole nitrogens is 1. The Morgan fingerprint density at radius 1 is 0.512 bits per heavy atom. The maximum absolute atomic E-state index is 3.60. The lowest BCUT2D eigenvalue weighted by atomic mass is 9.95. The van der Waals surface area contributed by atoms with Crippen LogP contribution >= 0.6 is 0 Å². The first-order chi connectivity index (χ1) is 21.2. The van der Waals surface area contributed by atoms with E-state index in [-0.39, 0.29) is 0 Å². The summed E-state index contributed by atoms with van der Waals surface area (Å²) in [6.07, 6.45) is 12.9. The molecule has 0 fully saturated rings.